The number of nitrogens with zero attached hydrogens (tertiary/aromatic N) is 2. The van der Waals surface area contributed by atoms with E-state index < -0.39 is 0 Å². The molecule has 2 aliphatic rings. The molecule has 1 saturated carbocycles. The molecular weight excluding hydrogens is 441 g/mol. The first-order valence-corrected chi connectivity index (χ1v) is 10.2. The molecule has 1 amide bonds. The number of hydrogen-bond donors (Lipinski definition) is 3. The average molecular weight is 479 g/mol. The van der Waals surface area contributed by atoms with Crippen molar-refractivity contribution in [2.75, 3.05) is 33.2 Å². The number of amides is 1. The lowest BCUT2D eigenvalue weighted by molar-refractivity contribution is -0.120. The smallest absolute Gasteiger partial charge is 0.239 e. The first-order chi connectivity index (χ1) is 12.2. The Kier molecular flexibility index (Phi) is 12.3. The zero-order valence-electron chi connectivity index (χ0n) is 16.6. The number of guanidine groups is 1. The molecule has 0 aromatic rings. The van der Waals surface area contributed by atoms with Crippen LogP contribution in [-0.2, 0) is 4.79 Å². The van der Waals surface area contributed by atoms with Crippen molar-refractivity contribution in [3.8, 4) is 0 Å². The predicted molar refractivity (Wildman–Crippen MR) is 119 cm³/mol. The van der Waals surface area contributed by atoms with Gasteiger partial charge >= 0.3 is 0 Å². The van der Waals surface area contributed by atoms with Crippen molar-refractivity contribution in [3.63, 3.8) is 0 Å². The zero-order chi connectivity index (χ0) is 17.9. The lowest BCUT2D eigenvalue weighted by Gasteiger charge is -2.35. The zero-order valence-corrected chi connectivity index (χ0v) is 18.9. The molecule has 1 saturated heterocycles. The fraction of sp³-hybridized carbons (Fsp3) is 0.895. The first kappa shape index (κ1) is 23.5. The Hall–Kier alpha value is -0.570. The van der Waals surface area contributed by atoms with Crippen LogP contribution < -0.4 is 16.0 Å². The van der Waals surface area contributed by atoms with E-state index in [2.05, 4.69) is 32.8 Å². The van der Waals surface area contributed by atoms with E-state index >= 15 is 0 Å². The lowest BCUT2D eigenvalue weighted by Crippen LogP contribution is -2.48. The van der Waals surface area contributed by atoms with Crippen LogP contribution in [-0.4, -0.2) is 62.1 Å². The quantitative estimate of drug-likeness (QED) is 0.298. The van der Waals surface area contributed by atoms with Crippen molar-refractivity contribution in [1.82, 2.24) is 20.9 Å². The third kappa shape index (κ3) is 8.41. The average Bonchev–Trinajstić information content (AvgIpc) is 2.65. The summed E-state index contributed by atoms with van der Waals surface area (Å²) >= 11 is 0. The van der Waals surface area contributed by atoms with Gasteiger partial charge in [-0.2, -0.15) is 0 Å². The highest BCUT2D eigenvalue weighted by Gasteiger charge is 2.20. The van der Waals surface area contributed by atoms with Crippen molar-refractivity contribution in [2.24, 2.45) is 4.99 Å². The summed E-state index contributed by atoms with van der Waals surface area (Å²) in [6, 6.07) is 1.09. The fourth-order valence-corrected chi connectivity index (χ4v) is 4.04. The SMILES string of the molecule is CCC1CCCCN1CCNC(=NC)NCC(=O)NC1CCCCC1.I. The van der Waals surface area contributed by atoms with Crippen LogP contribution in [0, 0.1) is 0 Å². The molecule has 1 aliphatic heterocycles. The predicted octanol–water partition coefficient (Wildman–Crippen LogP) is 2.48. The molecule has 1 heterocycles. The van der Waals surface area contributed by atoms with E-state index in [-0.39, 0.29) is 36.4 Å². The summed E-state index contributed by atoms with van der Waals surface area (Å²) in [5, 5.41) is 9.59. The van der Waals surface area contributed by atoms with E-state index in [1.54, 1.807) is 7.05 Å². The molecule has 0 spiro atoms. The molecular formula is C19H38IN5O. The van der Waals surface area contributed by atoms with Crippen LogP contribution in [0.3, 0.4) is 0 Å². The number of halogens is 1. The Morgan fingerprint density at radius 1 is 1.08 bits per heavy atom. The number of carbonyl (C=O) groups is 1. The van der Waals surface area contributed by atoms with E-state index in [4.69, 9.17) is 0 Å². The Morgan fingerprint density at radius 3 is 2.50 bits per heavy atom. The normalized spacial score (nSPS) is 22.4. The van der Waals surface area contributed by atoms with Gasteiger partial charge in [0.25, 0.3) is 0 Å². The first-order valence-electron chi connectivity index (χ1n) is 10.2. The lowest BCUT2D eigenvalue weighted by atomic mass is 9.95. The molecule has 1 aliphatic carbocycles. The van der Waals surface area contributed by atoms with Gasteiger partial charge < -0.3 is 16.0 Å². The van der Waals surface area contributed by atoms with Crippen molar-refractivity contribution in [3.05, 3.63) is 0 Å². The third-order valence-electron chi connectivity index (χ3n) is 5.52. The number of nitrogens with one attached hydrogen (secondary N) is 3. The summed E-state index contributed by atoms with van der Waals surface area (Å²) in [5.41, 5.74) is 0. The van der Waals surface area contributed by atoms with Crippen molar-refractivity contribution in [1.29, 1.82) is 0 Å². The van der Waals surface area contributed by atoms with Crippen LogP contribution in [0.1, 0.15) is 64.7 Å². The van der Waals surface area contributed by atoms with Gasteiger partial charge in [-0.1, -0.05) is 32.6 Å². The highest BCUT2D eigenvalue weighted by atomic mass is 127. The highest BCUT2D eigenvalue weighted by molar-refractivity contribution is 14.0. The summed E-state index contributed by atoms with van der Waals surface area (Å²) in [5.74, 6) is 0.778. The number of likely N-dealkylation sites (tertiary alicyclic amines) is 1. The summed E-state index contributed by atoms with van der Waals surface area (Å²) < 4.78 is 0. The fourth-order valence-electron chi connectivity index (χ4n) is 4.04. The molecule has 7 heteroatoms. The molecule has 2 fully saturated rings. The highest BCUT2D eigenvalue weighted by Crippen LogP contribution is 2.18. The maximum absolute atomic E-state index is 12.1. The monoisotopic (exact) mass is 479 g/mol. The number of hydrogen-bond acceptors (Lipinski definition) is 3. The topological polar surface area (TPSA) is 68.8 Å². The minimum atomic E-state index is 0. The van der Waals surface area contributed by atoms with Crippen molar-refractivity contribution >= 4 is 35.8 Å². The standard InChI is InChI=1S/C19H37N5O.HI/c1-3-17-11-7-8-13-24(17)14-12-21-19(20-2)22-15-18(25)23-16-9-5-4-6-10-16;/h16-17H,3-15H2,1-2H3,(H,23,25)(H2,20,21,22);1H. The maximum Gasteiger partial charge on any atom is 0.239 e. The van der Waals surface area contributed by atoms with E-state index in [1.165, 1.54) is 51.5 Å². The third-order valence-corrected chi connectivity index (χ3v) is 5.52. The molecule has 0 aromatic carbocycles. The van der Waals surface area contributed by atoms with Crippen molar-refractivity contribution < 1.29 is 4.79 Å². The molecule has 152 valence electrons. The Balaban J connectivity index is 0.00000338. The van der Waals surface area contributed by atoms with Gasteiger partial charge in [-0.3, -0.25) is 14.7 Å². The molecule has 2 rings (SSSR count). The largest absolute Gasteiger partial charge is 0.355 e. The summed E-state index contributed by atoms with van der Waals surface area (Å²) in [7, 11) is 1.75. The van der Waals surface area contributed by atoms with Gasteiger partial charge in [0.2, 0.25) is 5.91 Å². The number of piperidine rings is 1. The van der Waals surface area contributed by atoms with Crippen LogP contribution in [0.2, 0.25) is 0 Å². The van der Waals surface area contributed by atoms with Crippen LogP contribution in [0.25, 0.3) is 0 Å². The molecule has 3 N–H and O–H groups in total. The molecule has 26 heavy (non-hydrogen) atoms. The molecule has 1 unspecified atom stereocenters. The second-order valence-corrected chi connectivity index (χ2v) is 7.35. The second-order valence-electron chi connectivity index (χ2n) is 7.35. The minimum Gasteiger partial charge on any atom is -0.355 e. The van der Waals surface area contributed by atoms with Gasteiger partial charge in [-0.05, 0) is 38.6 Å². The van der Waals surface area contributed by atoms with Crippen molar-refractivity contribution in [2.45, 2.75) is 76.8 Å². The Bertz CT molecular complexity index is 426. The van der Waals surface area contributed by atoms with Gasteiger partial charge in [-0.15, -0.1) is 24.0 Å². The number of carbonyl (C=O) groups excluding carboxylic acids is 1. The maximum atomic E-state index is 12.1. The molecule has 0 aromatic heterocycles. The van der Waals surface area contributed by atoms with Crippen LogP contribution in [0.4, 0.5) is 0 Å². The van der Waals surface area contributed by atoms with Crippen LogP contribution in [0.15, 0.2) is 4.99 Å². The summed E-state index contributed by atoms with van der Waals surface area (Å²) in [4.78, 5) is 18.9. The number of rotatable bonds is 7. The van der Waals surface area contributed by atoms with Gasteiger partial charge in [0.1, 0.15) is 0 Å². The van der Waals surface area contributed by atoms with Crippen LogP contribution >= 0.6 is 24.0 Å². The minimum absolute atomic E-state index is 0. The summed E-state index contributed by atoms with van der Waals surface area (Å²) in [6.07, 6.45) is 11.2. The van der Waals surface area contributed by atoms with Gasteiger partial charge in [0.05, 0.1) is 6.54 Å². The van der Waals surface area contributed by atoms with E-state index in [0.29, 0.717) is 12.0 Å². The van der Waals surface area contributed by atoms with E-state index in [0.717, 1.165) is 32.0 Å². The van der Waals surface area contributed by atoms with E-state index in [1.807, 2.05) is 0 Å². The molecule has 6 nitrogen and oxygen atoms in total. The molecule has 0 bridgehead atoms. The molecule has 1 atom stereocenters. The van der Waals surface area contributed by atoms with Gasteiger partial charge in [-0.25, -0.2) is 0 Å². The van der Waals surface area contributed by atoms with E-state index in [9.17, 15) is 4.79 Å². The number of aliphatic imine (C=N–C) groups is 1. The van der Waals surface area contributed by atoms with Crippen LogP contribution in [0.5, 0.6) is 0 Å². The second kappa shape index (κ2) is 13.6. The Labute approximate surface area is 176 Å². The van der Waals surface area contributed by atoms with Gasteiger partial charge in [0, 0.05) is 32.2 Å². The molecule has 0 radical (unpaired) electrons. The summed E-state index contributed by atoms with van der Waals surface area (Å²) in [6.45, 7) is 5.67. The van der Waals surface area contributed by atoms with Gasteiger partial charge in [0.15, 0.2) is 5.96 Å². The Morgan fingerprint density at radius 2 is 1.81 bits per heavy atom.